The number of carboxylic acids is 1. The highest BCUT2D eigenvalue weighted by Gasteiger charge is 2.16. The van der Waals surface area contributed by atoms with Gasteiger partial charge in [-0.1, -0.05) is 6.92 Å². The second kappa shape index (κ2) is 6.17. The molecule has 0 aliphatic heterocycles. The molecule has 0 saturated heterocycles. The van der Waals surface area contributed by atoms with Crippen molar-refractivity contribution in [1.82, 2.24) is 14.9 Å². The molecule has 0 aliphatic rings. The first-order valence-electron chi connectivity index (χ1n) is 5.37. The fraction of sp³-hybridized carbons (Fsp3) is 0.545. The van der Waals surface area contributed by atoms with Gasteiger partial charge in [0, 0.05) is 25.1 Å². The van der Waals surface area contributed by atoms with Crippen LogP contribution in [-0.4, -0.2) is 39.0 Å². The molecule has 0 saturated carbocycles. The van der Waals surface area contributed by atoms with E-state index >= 15 is 0 Å². The Labute approximate surface area is 95.1 Å². The van der Waals surface area contributed by atoms with Gasteiger partial charge in [0.2, 0.25) is 0 Å². The van der Waals surface area contributed by atoms with Crippen LogP contribution in [0.4, 0.5) is 0 Å². The molecule has 1 atom stereocenters. The minimum atomic E-state index is -0.773. The second-order valence-electron chi connectivity index (χ2n) is 3.58. The van der Waals surface area contributed by atoms with Crippen LogP contribution in [0, 0.1) is 0 Å². The third kappa shape index (κ3) is 3.58. The van der Waals surface area contributed by atoms with Crippen molar-refractivity contribution in [2.75, 3.05) is 13.1 Å². The van der Waals surface area contributed by atoms with Gasteiger partial charge in [-0.3, -0.25) is 19.7 Å². The van der Waals surface area contributed by atoms with E-state index in [1.54, 1.807) is 18.6 Å². The van der Waals surface area contributed by atoms with Crippen molar-refractivity contribution in [3.05, 3.63) is 24.3 Å². The Morgan fingerprint density at radius 2 is 2.31 bits per heavy atom. The summed E-state index contributed by atoms with van der Waals surface area (Å²) in [6.45, 7) is 5.35. The molecule has 0 aliphatic carbocycles. The largest absolute Gasteiger partial charge is 0.481 e. The van der Waals surface area contributed by atoms with Gasteiger partial charge in [-0.2, -0.15) is 0 Å². The van der Waals surface area contributed by atoms with E-state index in [0.717, 1.165) is 12.2 Å². The maximum Gasteiger partial charge on any atom is 0.304 e. The fourth-order valence-electron chi connectivity index (χ4n) is 1.58. The molecule has 1 aromatic rings. The first-order chi connectivity index (χ1) is 7.65. The van der Waals surface area contributed by atoms with E-state index < -0.39 is 5.97 Å². The first kappa shape index (κ1) is 12.6. The third-order valence-corrected chi connectivity index (χ3v) is 2.58. The molecule has 88 valence electrons. The van der Waals surface area contributed by atoms with E-state index in [1.165, 1.54) is 0 Å². The summed E-state index contributed by atoms with van der Waals surface area (Å²) >= 11 is 0. The van der Waals surface area contributed by atoms with Crippen molar-refractivity contribution in [2.24, 2.45) is 0 Å². The summed E-state index contributed by atoms with van der Waals surface area (Å²) in [7, 11) is 0. The molecular weight excluding hydrogens is 206 g/mol. The van der Waals surface area contributed by atoms with Gasteiger partial charge in [0.05, 0.1) is 18.2 Å². The quantitative estimate of drug-likeness (QED) is 0.788. The Balaban J connectivity index is 2.62. The molecule has 5 heteroatoms. The highest BCUT2D eigenvalue weighted by molar-refractivity contribution is 5.66. The van der Waals surface area contributed by atoms with E-state index in [1.807, 2.05) is 13.8 Å². The van der Waals surface area contributed by atoms with Crippen molar-refractivity contribution in [3.63, 3.8) is 0 Å². The summed E-state index contributed by atoms with van der Waals surface area (Å²) in [4.78, 5) is 20.8. The van der Waals surface area contributed by atoms with E-state index in [4.69, 9.17) is 5.11 Å². The number of aliphatic carboxylic acids is 1. The van der Waals surface area contributed by atoms with Crippen molar-refractivity contribution >= 4 is 5.97 Å². The van der Waals surface area contributed by atoms with Gasteiger partial charge in [0.1, 0.15) is 0 Å². The number of rotatable bonds is 6. The van der Waals surface area contributed by atoms with Crippen LogP contribution in [0.15, 0.2) is 18.6 Å². The average molecular weight is 223 g/mol. The molecule has 1 rings (SSSR count). The maximum atomic E-state index is 10.5. The lowest BCUT2D eigenvalue weighted by Crippen LogP contribution is -2.29. The van der Waals surface area contributed by atoms with Gasteiger partial charge < -0.3 is 5.11 Å². The number of nitrogens with zero attached hydrogens (tertiary/aromatic N) is 3. The highest BCUT2D eigenvalue weighted by atomic mass is 16.4. The summed E-state index contributed by atoms with van der Waals surface area (Å²) < 4.78 is 0. The normalized spacial score (nSPS) is 12.7. The van der Waals surface area contributed by atoms with Gasteiger partial charge in [0.25, 0.3) is 0 Å². The molecule has 0 fully saturated rings. The second-order valence-corrected chi connectivity index (χ2v) is 3.58. The molecule has 0 bridgehead atoms. The molecule has 1 N–H and O–H groups in total. The van der Waals surface area contributed by atoms with Gasteiger partial charge >= 0.3 is 5.97 Å². The van der Waals surface area contributed by atoms with Crippen LogP contribution in [0.2, 0.25) is 0 Å². The van der Waals surface area contributed by atoms with Gasteiger partial charge in [0.15, 0.2) is 0 Å². The number of hydrogen-bond donors (Lipinski definition) is 1. The molecule has 16 heavy (non-hydrogen) atoms. The average Bonchev–Trinajstić information content (AvgIpc) is 2.30. The third-order valence-electron chi connectivity index (χ3n) is 2.58. The van der Waals surface area contributed by atoms with Gasteiger partial charge in [-0.15, -0.1) is 0 Å². The summed E-state index contributed by atoms with van der Waals surface area (Å²) in [5.41, 5.74) is 0.870. The Bertz CT molecular complexity index is 329. The molecule has 1 unspecified atom stereocenters. The number of aromatic nitrogens is 2. The van der Waals surface area contributed by atoms with Crippen LogP contribution in [0.1, 0.15) is 32.0 Å². The molecule has 5 nitrogen and oxygen atoms in total. The van der Waals surface area contributed by atoms with Crippen LogP contribution in [0.5, 0.6) is 0 Å². The Morgan fingerprint density at radius 1 is 1.56 bits per heavy atom. The molecule has 0 spiro atoms. The Morgan fingerprint density at radius 3 is 2.81 bits per heavy atom. The standard InChI is InChI=1S/C11H17N3O2/c1-3-14(7-4-11(15)16)9(2)10-8-12-5-6-13-10/h5-6,8-9H,3-4,7H2,1-2H3,(H,15,16). The van der Waals surface area contributed by atoms with Crippen molar-refractivity contribution in [1.29, 1.82) is 0 Å². The van der Waals surface area contributed by atoms with Crippen molar-refractivity contribution in [2.45, 2.75) is 26.3 Å². The molecular formula is C11H17N3O2. The van der Waals surface area contributed by atoms with Gasteiger partial charge in [-0.05, 0) is 13.5 Å². The van der Waals surface area contributed by atoms with E-state index in [9.17, 15) is 4.79 Å². The monoisotopic (exact) mass is 223 g/mol. The van der Waals surface area contributed by atoms with Gasteiger partial charge in [-0.25, -0.2) is 0 Å². The minimum Gasteiger partial charge on any atom is -0.481 e. The van der Waals surface area contributed by atoms with Crippen molar-refractivity contribution < 1.29 is 9.90 Å². The number of hydrogen-bond acceptors (Lipinski definition) is 4. The zero-order valence-electron chi connectivity index (χ0n) is 9.63. The summed E-state index contributed by atoms with van der Waals surface area (Å²) in [5, 5.41) is 8.66. The SMILES string of the molecule is CCN(CCC(=O)O)C(C)c1cnccn1. The van der Waals surface area contributed by atoms with E-state index in [2.05, 4.69) is 14.9 Å². The number of carboxylic acid groups (broad SMARTS) is 1. The highest BCUT2D eigenvalue weighted by Crippen LogP contribution is 2.16. The first-order valence-corrected chi connectivity index (χ1v) is 5.37. The Hall–Kier alpha value is -1.49. The molecule has 0 radical (unpaired) electrons. The number of carbonyl (C=O) groups is 1. The topological polar surface area (TPSA) is 66.3 Å². The Kier molecular flexibility index (Phi) is 4.85. The lowest BCUT2D eigenvalue weighted by Gasteiger charge is -2.26. The molecule has 0 aromatic carbocycles. The molecule has 1 aromatic heterocycles. The minimum absolute atomic E-state index is 0.0954. The lowest BCUT2D eigenvalue weighted by molar-refractivity contribution is -0.137. The predicted molar refractivity (Wildman–Crippen MR) is 59.9 cm³/mol. The van der Waals surface area contributed by atoms with Crippen LogP contribution in [-0.2, 0) is 4.79 Å². The smallest absolute Gasteiger partial charge is 0.304 e. The van der Waals surface area contributed by atoms with Crippen LogP contribution < -0.4 is 0 Å². The van der Waals surface area contributed by atoms with Crippen LogP contribution >= 0.6 is 0 Å². The fourth-order valence-corrected chi connectivity index (χ4v) is 1.58. The maximum absolute atomic E-state index is 10.5. The van der Waals surface area contributed by atoms with Crippen molar-refractivity contribution in [3.8, 4) is 0 Å². The van der Waals surface area contributed by atoms with Crippen LogP contribution in [0.3, 0.4) is 0 Å². The predicted octanol–water partition coefficient (Wildman–Crippen LogP) is 1.33. The lowest BCUT2D eigenvalue weighted by atomic mass is 10.2. The van der Waals surface area contributed by atoms with E-state index in [0.29, 0.717) is 6.54 Å². The molecule has 1 heterocycles. The van der Waals surface area contributed by atoms with E-state index in [-0.39, 0.29) is 12.5 Å². The zero-order chi connectivity index (χ0) is 12.0. The summed E-state index contributed by atoms with van der Waals surface area (Å²) in [6.07, 6.45) is 5.15. The van der Waals surface area contributed by atoms with Crippen LogP contribution in [0.25, 0.3) is 0 Å². The zero-order valence-corrected chi connectivity index (χ0v) is 9.63. The molecule has 0 amide bonds. The summed E-state index contributed by atoms with van der Waals surface area (Å²) in [6, 6.07) is 0.0954. The summed E-state index contributed by atoms with van der Waals surface area (Å²) in [5.74, 6) is -0.773.